The van der Waals surface area contributed by atoms with Gasteiger partial charge in [0.15, 0.2) is 0 Å². The molecule has 0 saturated heterocycles. The minimum atomic E-state index is -0.903. The predicted molar refractivity (Wildman–Crippen MR) is 63.4 cm³/mol. The molecule has 0 fully saturated rings. The molecule has 0 aromatic heterocycles. The van der Waals surface area contributed by atoms with E-state index in [9.17, 15) is 4.79 Å². The number of carbonyl (C=O) groups is 1. The van der Waals surface area contributed by atoms with Crippen LogP contribution in [0.4, 0.5) is 0 Å². The maximum Gasteiger partial charge on any atom is 0.331 e. The first-order valence-electron chi connectivity index (χ1n) is 4.86. The summed E-state index contributed by atoms with van der Waals surface area (Å²) in [7, 11) is 1.61. The van der Waals surface area contributed by atoms with Gasteiger partial charge in [-0.2, -0.15) is 0 Å². The van der Waals surface area contributed by atoms with Crippen LogP contribution >= 0.6 is 0 Å². The highest BCUT2D eigenvalue weighted by Crippen LogP contribution is 2.12. The van der Waals surface area contributed by atoms with Crippen molar-refractivity contribution in [3.8, 4) is 5.75 Å². The molecule has 0 bridgehead atoms. The highest BCUT2D eigenvalue weighted by molar-refractivity contribution is 5.86. The Kier molecular flexibility index (Phi) is 4.33. The van der Waals surface area contributed by atoms with Gasteiger partial charge in [-0.15, -0.1) is 0 Å². The molecule has 0 amide bonds. The standard InChI is InChI=1S/C13H14O3/c1-10(13(14)15)4-3-5-11-6-8-12(16-2)9-7-11/h3-9H,1-2H3,(H,14,15). The Morgan fingerprint density at radius 3 is 2.44 bits per heavy atom. The molecular weight excluding hydrogens is 204 g/mol. The van der Waals surface area contributed by atoms with E-state index in [2.05, 4.69) is 0 Å². The van der Waals surface area contributed by atoms with Crippen LogP contribution in [0.2, 0.25) is 0 Å². The normalized spacial score (nSPS) is 11.8. The van der Waals surface area contributed by atoms with Crippen LogP contribution in [-0.2, 0) is 4.79 Å². The molecule has 0 heterocycles. The fourth-order valence-corrected chi connectivity index (χ4v) is 1.09. The number of hydrogen-bond acceptors (Lipinski definition) is 2. The lowest BCUT2D eigenvalue weighted by Gasteiger charge is -1.98. The van der Waals surface area contributed by atoms with Gasteiger partial charge in [-0.1, -0.05) is 30.4 Å². The van der Waals surface area contributed by atoms with Crippen LogP contribution in [-0.4, -0.2) is 18.2 Å². The zero-order valence-corrected chi connectivity index (χ0v) is 9.31. The van der Waals surface area contributed by atoms with Gasteiger partial charge in [0.25, 0.3) is 0 Å². The molecule has 0 aliphatic rings. The summed E-state index contributed by atoms with van der Waals surface area (Å²) in [5, 5.41) is 8.63. The number of ether oxygens (including phenoxy) is 1. The van der Waals surface area contributed by atoms with E-state index in [1.165, 1.54) is 0 Å². The van der Waals surface area contributed by atoms with E-state index in [0.29, 0.717) is 5.57 Å². The van der Waals surface area contributed by atoms with E-state index in [0.717, 1.165) is 11.3 Å². The monoisotopic (exact) mass is 218 g/mol. The second kappa shape index (κ2) is 5.75. The molecule has 0 saturated carbocycles. The maximum atomic E-state index is 10.5. The molecule has 0 radical (unpaired) electrons. The van der Waals surface area contributed by atoms with Crippen LogP contribution in [0.5, 0.6) is 5.75 Å². The van der Waals surface area contributed by atoms with Gasteiger partial charge in [-0.05, 0) is 24.6 Å². The van der Waals surface area contributed by atoms with Gasteiger partial charge >= 0.3 is 5.97 Å². The van der Waals surface area contributed by atoms with E-state index < -0.39 is 5.97 Å². The first-order chi connectivity index (χ1) is 7.63. The van der Waals surface area contributed by atoms with Crippen molar-refractivity contribution in [1.29, 1.82) is 0 Å². The number of carboxylic acid groups (broad SMARTS) is 1. The largest absolute Gasteiger partial charge is 0.497 e. The van der Waals surface area contributed by atoms with E-state index in [4.69, 9.17) is 9.84 Å². The van der Waals surface area contributed by atoms with Crippen LogP contribution in [0.25, 0.3) is 6.08 Å². The Morgan fingerprint density at radius 1 is 1.31 bits per heavy atom. The van der Waals surface area contributed by atoms with E-state index in [1.54, 1.807) is 26.2 Å². The fraction of sp³-hybridized carbons (Fsp3) is 0.154. The summed E-state index contributed by atoms with van der Waals surface area (Å²) in [5.74, 6) is -0.103. The summed E-state index contributed by atoms with van der Waals surface area (Å²) in [6.45, 7) is 1.56. The second-order valence-electron chi connectivity index (χ2n) is 3.29. The molecule has 0 unspecified atom stereocenters. The number of hydrogen-bond donors (Lipinski definition) is 1. The molecule has 84 valence electrons. The van der Waals surface area contributed by atoms with Crippen molar-refractivity contribution in [2.45, 2.75) is 6.92 Å². The Labute approximate surface area is 94.7 Å². The lowest BCUT2D eigenvalue weighted by Crippen LogP contribution is -1.94. The van der Waals surface area contributed by atoms with Gasteiger partial charge in [-0.25, -0.2) is 4.79 Å². The van der Waals surface area contributed by atoms with Crippen LogP contribution < -0.4 is 4.74 Å². The molecule has 1 aromatic rings. The van der Waals surface area contributed by atoms with Crippen molar-refractivity contribution in [3.63, 3.8) is 0 Å². The molecule has 3 nitrogen and oxygen atoms in total. The van der Waals surface area contributed by atoms with E-state index >= 15 is 0 Å². The molecule has 0 aliphatic carbocycles. The zero-order valence-electron chi connectivity index (χ0n) is 9.31. The number of aliphatic carboxylic acids is 1. The highest BCUT2D eigenvalue weighted by atomic mass is 16.5. The summed E-state index contributed by atoms with van der Waals surface area (Å²) in [4.78, 5) is 10.5. The maximum absolute atomic E-state index is 10.5. The van der Waals surface area contributed by atoms with Gasteiger partial charge < -0.3 is 9.84 Å². The van der Waals surface area contributed by atoms with Crippen LogP contribution in [0.3, 0.4) is 0 Å². The molecule has 0 spiro atoms. The van der Waals surface area contributed by atoms with Crippen molar-refractivity contribution in [1.82, 2.24) is 0 Å². The Balaban J connectivity index is 2.69. The van der Waals surface area contributed by atoms with Crippen molar-refractivity contribution in [2.75, 3.05) is 7.11 Å². The quantitative estimate of drug-likeness (QED) is 0.624. The highest BCUT2D eigenvalue weighted by Gasteiger charge is 1.95. The molecule has 3 heteroatoms. The molecule has 16 heavy (non-hydrogen) atoms. The van der Waals surface area contributed by atoms with Gasteiger partial charge in [0.2, 0.25) is 0 Å². The summed E-state index contributed by atoms with van der Waals surface area (Å²) < 4.78 is 5.03. The first-order valence-corrected chi connectivity index (χ1v) is 4.86. The lowest BCUT2D eigenvalue weighted by atomic mass is 10.2. The van der Waals surface area contributed by atoms with Crippen LogP contribution in [0, 0.1) is 0 Å². The van der Waals surface area contributed by atoms with Crippen LogP contribution in [0.1, 0.15) is 12.5 Å². The molecule has 0 aliphatic heterocycles. The Hall–Kier alpha value is -2.03. The second-order valence-corrected chi connectivity index (χ2v) is 3.29. The van der Waals surface area contributed by atoms with E-state index in [1.807, 2.05) is 30.3 Å². The summed E-state index contributed by atoms with van der Waals surface area (Å²) in [6, 6.07) is 7.51. The molecular formula is C13H14O3. The van der Waals surface area contributed by atoms with Crippen molar-refractivity contribution in [3.05, 3.63) is 47.6 Å². The third kappa shape index (κ3) is 3.61. The lowest BCUT2D eigenvalue weighted by molar-refractivity contribution is -0.132. The average Bonchev–Trinajstić information content (AvgIpc) is 2.29. The first kappa shape index (κ1) is 12.0. The number of allylic oxidation sites excluding steroid dienone is 2. The van der Waals surface area contributed by atoms with Crippen molar-refractivity contribution >= 4 is 12.0 Å². The van der Waals surface area contributed by atoms with Gasteiger partial charge in [0.1, 0.15) is 5.75 Å². The topological polar surface area (TPSA) is 46.5 Å². The predicted octanol–water partition coefficient (Wildman–Crippen LogP) is 2.74. The number of carboxylic acids is 1. The third-order valence-electron chi connectivity index (χ3n) is 2.09. The number of rotatable bonds is 4. The third-order valence-corrected chi connectivity index (χ3v) is 2.09. The zero-order chi connectivity index (χ0) is 12.0. The van der Waals surface area contributed by atoms with Gasteiger partial charge in [0, 0.05) is 5.57 Å². The Morgan fingerprint density at radius 2 is 1.94 bits per heavy atom. The minimum Gasteiger partial charge on any atom is -0.497 e. The summed E-state index contributed by atoms with van der Waals surface area (Å²) in [5.41, 5.74) is 1.31. The molecule has 0 atom stereocenters. The number of methoxy groups -OCH3 is 1. The van der Waals surface area contributed by atoms with Crippen molar-refractivity contribution in [2.24, 2.45) is 0 Å². The van der Waals surface area contributed by atoms with E-state index in [-0.39, 0.29) is 0 Å². The molecule has 1 aromatic carbocycles. The summed E-state index contributed by atoms with van der Waals surface area (Å²) in [6.07, 6.45) is 5.11. The number of benzene rings is 1. The Bertz CT molecular complexity index is 413. The molecule has 1 rings (SSSR count). The fourth-order valence-electron chi connectivity index (χ4n) is 1.09. The van der Waals surface area contributed by atoms with Gasteiger partial charge in [-0.3, -0.25) is 0 Å². The minimum absolute atomic E-state index is 0.310. The van der Waals surface area contributed by atoms with Gasteiger partial charge in [0.05, 0.1) is 7.11 Å². The van der Waals surface area contributed by atoms with Crippen LogP contribution in [0.15, 0.2) is 42.0 Å². The van der Waals surface area contributed by atoms with Crippen molar-refractivity contribution < 1.29 is 14.6 Å². The SMILES string of the molecule is COc1ccc(C=CC=C(C)C(=O)O)cc1. The molecule has 1 N–H and O–H groups in total. The smallest absolute Gasteiger partial charge is 0.331 e. The average molecular weight is 218 g/mol. The summed E-state index contributed by atoms with van der Waals surface area (Å²) >= 11 is 0.